The molecular formula is C13H11ClN4OS. The van der Waals surface area contributed by atoms with Crippen molar-refractivity contribution in [2.75, 3.05) is 0 Å². The first-order chi connectivity index (χ1) is 9.45. The summed E-state index contributed by atoms with van der Waals surface area (Å²) in [6, 6.07) is 8.82. The minimum absolute atomic E-state index is 0.146. The number of benzene rings is 1. The predicted molar refractivity (Wildman–Crippen MR) is 79.4 cm³/mol. The van der Waals surface area contributed by atoms with Crippen LogP contribution in [0.15, 0.2) is 46.3 Å². The molecule has 0 bridgehead atoms. The van der Waals surface area contributed by atoms with E-state index in [1.807, 2.05) is 6.07 Å². The molecular weight excluding hydrogens is 296 g/mol. The summed E-state index contributed by atoms with van der Waals surface area (Å²) in [4.78, 5) is 11.7. The number of primary amides is 1. The summed E-state index contributed by atoms with van der Waals surface area (Å²) in [5.74, 6) is -1.20. The van der Waals surface area contributed by atoms with Gasteiger partial charge in [0.05, 0.1) is 28.2 Å². The highest BCUT2D eigenvalue weighted by Gasteiger charge is 2.33. The summed E-state index contributed by atoms with van der Waals surface area (Å²) in [6.07, 6.45) is 0. The second kappa shape index (κ2) is 5.49. The number of carbonyl (C=O) groups excluding carboxylic acids is 1. The zero-order valence-electron chi connectivity index (χ0n) is 10.2. The quantitative estimate of drug-likeness (QED) is 0.619. The van der Waals surface area contributed by atoms with Crippen molar-refractivity contribution in [1.29, 1.82) is 5.26 Å². The van der Waals surface area contributed by atoms with Crippen LogP contribution < -0.4 is 16.8 Å². The molecule has 0 saturated heterocycles. The maximum atomic E-state index is 11.7. The van der Waals surface area contributed by atoms with Gasteiger partial charge in [-0.1, -0.05) is 23.7 Å². The number of halogens is 1. The van der Waals surface area contributed by atoms with E-state index in [9.17, 15) is 10.1 Å². The minimum Gasteiger partial charge on any atom is -0.384 e. The van der Waals surface area contributed by atoms with Gasteiger partial charge < -0.3 is 16.8 Å². The molecule has 0 aliphatic carbocycles. The molecule has 1 heterocycles. The van der Waals surface area contributed by atoms with Crippen molar-refractivity contribution in [2.45, 2.75) is 5.92 Å². The van der Waals surface area contributed by atoms with Crippen LogP contribution in [-0.4, -0.2) is 5.91 Å². The monoisotopic (exact) mass is 306 g/mol. The molecule has 1 aliphatic heterocycles. The number of thiol groups is 1. The SMILES string of the molecule is N#CC1=C(N)NC(S)=C(C(N)=O)C1c1cccc(Cl)c1. The normalized spacial score (nSPS) is 18.6. The van der Waals surface area contributed by atoms with E-state index in [2.05, 4.69) is 17.9 Å². The first-order valence-corrected chi connectivity index (χ1v) is 6.43. The van der Waals surface area contributed by atoms with Crippen molar-refractivity contribution in [3.8, 4) is 6.07 Å². The van der Waals surface area contributed by atoms with Gasteiger partial charge >= 0.3 is 0 Å². The number of carbonyl (C=O) groups is 1. The average Bonchev–Trinajstić information content (AvgIpc) is 2.37. The second-order valence-electron chi connectivity index (χ2n) is 4.18. The van der Waals surface area contributed by atoms with Gasteiger partial charge in [0.2, 0.25) is 5.91 Å². The molecule has 1 unspecified atom stereocenters. The Morgan fingerprint density at radius 1 is 1.50 bits per heavy atom. The van der Waals surface area contributed by atoms with E-state index in [0.29, 0.717) is 10.6 Å². The molecule has 1 aliphatic rings. The molecule has 1 atom stereocenters. The number of nitrogens with two attached hydrogens (primary N) is 2. The molecule has 1 amide bonds. The Hall–Kier alpha value is -2.10. The summed E-state index contributed by atoms with van der Waals surface area (Å²) < 4.78 is 0. The molecule has 5 N–H and O–H groups in total. The topological polar surface area (TPSA) is 105 Å². The number of nitrogens with one attached hydrogen (secondary N) is 1. The number of nitrogens with zero attached hydrogens (tertiary/aromatic N) is 1. The summed E-state index contributed by atoms with van der Waals surface area (Å²) in [6.45, 7) is 0. The van der Waals surface area contributed by atoms with Gasteiger partial charge in [-0.3, -0.25) is 4.79 Å². The third-order valence-corrected chi connectivity index (χ3v) is 3.53. The Balaban J connectivity index is 2.67. The number of dihydropyridines is 1. The van der Waals surface area contributed by atoms with Gasteiger partial charge in [-0.15, -0.1) is 12.6 Å². The number of rotatable bonds is 2. The number of nitriles is 1. The van der Waals surface area contributed by atoms with Crippen LogP contribution in [0.1, 0.15) is 11.5 Å². The lowest BCUT2D eigenvalue weighted by Crippen LogP contribution is -2.33. The average molecular weight is 307 g/mol. The standard InChI is InChI=1S/C13H11ClN4OS/c14-7-3-1-2-6(4-7)9-8(5-15)11(16)18-13(20)10(9)12(17)19/h1-4,9,18,20H,16H2,(H2,17,19). The smallest absolute Gasteiger partial charge is 0.248 e. The molecule has 0 saturated carbocycles. The molecule has 5 nitrogen and oxygen atoms in total. The first-order valence-electron chi connectivity index (χ1n) is 5.61. The fraction of sp³-hybridized carbons (Fsp3) is 0.0769. The van der Waals surface area contributed by atoms with Crippen LogP contribution in [0.25, 0.3) is 0 Å². The van der Waals surface area contributed by atoms with E-state index in [-0.39, 0.29) is 22.0 Å². The van der Waals surface area contributed by atoms with Crippen molar-refractivity contribution >= 4 is 30.1 Å². The van der Waals surface area contributed by atoms with Crippen LogP contribution >= 0.6 is 24.2 Å². The minimum atomic E-state index is -0.676. The Morgan fingerprint density at radius 2 is 2.20 bits per heavy atom. The zero-order valence-corrected chi connectivity index (χ0v) is 11.9. The van der Waals surface area contributed by atoms with Gasteiger partial charge in [0.15, 0.2) is 0 Å². The zero-order chi connectivity index (χ0) is 14.9. The molecule has 0 spiro atoms. The molecule has 7 heteroatoms. The third kappa shape index (κ3) is 2.46. The lowest BCUT2D eigenvalue weighted by molar-refractivity contribution is -0.114. The van der Waals surface area contributed by atoms with Crippen molar-refractivity contribution < 1.29 is 4.79 Å². The van der Waals surface area contributed by atoms with Gasteiger partial charge in [-0.25, -0.2) is 0 Å². The van der Waals surface area contributed by atoms with E-state index in [0.717, 1.165) is 0 Å². The summed E-state index contributed by atoms with van der Waals surface area (Å²) >= 11 is 10.1. The van der Waals surface area contributed by atoms with Crippen LogP contribution in [0.4, 0.5) is 0 Å². The van der Waals surface area contributed by atoms with Gasteiger partial charge in [0.1, 0.15) is 5.82 Å². The van der Waals surface area contributed by atoms with Gasteiger partial charge in [0.25, 0.3) is 0 Å². The van der Waals surface area contributed by atoms with Crippen LogP contribution in [-0.2, 0) is 4.79 Å². The van der Waals surface area contributed by atoms with E-state index in [1.165, 1.54) is 0 Å². The number of hydrogen-bond donors (Lipinski definition) is 4. The molecule has 2 rings (SSSR count). The Labute approximate surface area is 126 Å². The highest BCUT2D eigenvalue weighted by atomic mass is 35.5. The Kier molecular flexibility index (Phi) is 3.93. The molecule has 0 aromatic heterocycles. The highest BCUT2D eigenvalue weighted by molar-refractivity contribution is 7.84. The fourth-order valence-corrected chi connectivity index (χ4v) is 2.66. The van der Waals surface area contributed by atoms with E-state index in [4.69, 9.17) is 23.1 Å². The van der Waals surface area contributed by atoms with Gasteiger partial charge in [0, 0.05) is 5.02 Å². The molecule has 0 fully saturated rings. The number of allylic oxidation sites excluding steroid dienone is 1. The van der Waals surface area contributed by atoms with Gasteiger partial charge in [-0.2, -0.15) is 5.26 Å². The summed E-state index contributed by atoms with van der Waals surface area (Å²) in [5, 5.41) is 12.7. The predicted octanol–water partition coefficient (Wildman–Crippen LogP) is 1.35. The summed E-state index contributed by atoms with van der Waals surface area (Å²) in [7, 11) is 0. The molecule has 1 aromatic carbocycles. The highest BCUT2D eigenvalue weighted by Crippen LogP contribution is 2.37. The molecule has 1 aromatic rings. The first kappa shape index (κ1) is 14.3. The Bertz CT molecular complexity index is 690. The van der Waals surface area contributed by atoms with E-state index in [1.54, 1.807) is 24.3 Å². The Morgan fingerprint density at radius 3 is 2.75 bits per heavy atom. The van der Waals surface area contributed by atoms with Crippen LogP contribution in [0.5, 0.6) is 0 Å². The molecule has 0 radical (unpaired) electrons. The number of amides is 1. The maximum Gasteiger partial charge on any atom is 0.248 e. The van der Waals surface area contributed by atoms with Gasteiger partial charge in [-0.05, 0) is 17.7 Å². The van der Waals surface area contributed by atoms with Crippen molar-refractivity contribution in [2.24, 2.45) is 11.5 Å². The fourth-order valence-electron chi connectivity index (χ4n) is 2.10. The second-order valence-corrected chi connectivity index (χ2v) is 5.06. The van der Waals surface area contributed by atoms with Crippen molar-refractivity contribution in [1.82, 2.24) is 5.32 Å². The maximum absolute atomic E-state index is 11.7. The third-order valence-electron chi connectivity index (χ3n) is 2.94. The van der Waals surface area contributed by atoms with E-state index >= 15 is 0 Å². The lowest BCUT2D eigenvalue weighted by atomic mass is 9.83. The lowest BCUT2D eigenvalue weighted by Gasteiger charge is -2.27. The van der Waals surface area contributed by atoms with Crippen LogP contribution in [0, 0.1) is 11.3 Å². The number of hydrogen-bond acceptors (Lipinski definition) is 5. The largest absolute Gasteiger partial charge is 0.384 e. The molecule has 102 valence electrons. The van der Waals surface area contributed by atoms with E-state index < -0.39 is 11.8 Å². The van der Waals surface area contributed by atoms with Crippen LogP contribution in [0.3, 0.4) is 0 Å². The van der Waals surface area contributed by atoms with Crippen molar-refractivity contribution in [3.63, 3.8) is 0 Å². The van der Waals surface area contributed by atoms with Crippen molar-refractivity contribution in [3.05, 3.63) is 56.8 Å². The van der Waals surface area contributed by atoms with Crippen LogP contribution in [0.2, 0.25) is 5.02 Å². The molecule has 20 heavy (non-hydrogen) atoms. The summed E-state index contributed by atoms with van der Waals surface area (Å²) in [5.41, 5.74) is 12.2.